The summed E-state index contributed by atoms with van der Waals surface area (Å²) < 4.78 is 5.90. The van der Waals surface area contributed by atoms with Crippen molar-refractivity contribution in [1.82, 2.24) is 10.6 Å². The SMILES string of the molecule is C[C@@]12NC(=S)N[C@@H](c3ccccc3O1)[C@@H]2C(N)=O. The topological polar surface area (TPSA) is 76.4 Å². The van der Waals surface area contributed by atoms with Gasteiger partial charge in [0.1, 0.15) is 11.7 Å². The Bertz CT molecular complexity index is 548. The number of hydrogen-bond acceptors (Lipinski definition) is 3. The third-order valence-corrected chi connectivity index (χ3v) is 3.68. The van der Waals surface area contributed by atoms with Gasteiger partial charge in [-0.15, -0.1) is 0 Å². The minimum Gasteiger partial charge on any atom is -0.467 e. The lowest BCUT2D eigenvalue weighted by Crippen LogP contribution is -2.70. The van der Waals surface area contributed by atoms with Crippen molar-refractivity contribution in [2.24, 2.45) is 11.7 Å². The Morgan fingerprint density at radius 3 is 2.94 bits per heavy atom. The van der Waals surface area contributed by atoms with Crippen LogP contribution in [0.5, 0.6) is 5.75 Å². The van der Waals surface area contributed by atoms with Gasteiger partial charge in [-0.25, -0.2) is 0 Å². The highest BCUT2D eigenvalue weighted by Gasteiger charge is 2.53. The summed E-state index contributed by atoms with van der Waals surface area (Å²) in [4.78, 5) is 11.7. The van der Waals surface area contributed by atoms with Crippen molar-refractivity contribution >= 4 is 23.2 Å². The number of hydrogen-bond donors (Lipinski definition) is 3. The van der Waals surface area contributed by atoms with Gasteiger partial charge in [-0.1, -0.05) is 18.2 Å². The number of nitrogens with one attached hydrogen (secondary N) is 2. The van der Waals surface area contributed by atoms with E-state index in [-0.39, 0.29) is 6.04 Å². The summed E-state index contributed by atoms with van der Waals surface area (Å²) in [6.45, 7) is 1.79. The number of para-hydroxylation sites is 1. The zero-order valence-electron chi connectivity index (χ0n) is 9.77. The van der Waals surface area contributed by atoms with Crippen LogP contribution < -0.4 is 21.1 Å². The van der Waals surface area contributed by atoms with Crippen molar-refractivity contribution < 1.29 is 9.53 Å². The Balaban J connectivity index is 2.17. The molecule has 0 radical (unpaired) electrons. The molecule has 6 heteroatoms. The number of benzene rings is 1. The zero-order chi connectivity index (χ0) is 12.9. The van der Waals surface area contributed by atoms with Gasteiger partial charge in [-0.3, -0.25) is 4.79 Å². The molecule has 3 rings (SSSR count). The van der Waals surface area contributed by atoms with Gasteiger partial charge in [0.05, 0.1) is 6.04 Å². The van der Waals surface area contributed by atoms with Crippen molar-refractivity contribution in [3.8, 4) is 5.75 Å². The number of rotatable bonds is 1. The highest BCUT2D eigenvalue weighted by Crippen LogP contribution is 2.44. The number of carbonyl (C=O) groups is 1. The second-order valence-corrected chi connectivity index (χ2v) is 5.11. The fourth-order valence-electron chi connectivity index (χ4n) is 2.72. The Morgan fingerprint density at radius 1 is 1.50 bits per heavy atom. The van der Waals surface area contributed by atoms with Crippen LogP contribution in [-0.2, 0) is 4.79 Å². The average Bonchev–Trinajstić information content (AvgIpc) is 2.26. The van der Waals surface area contributed by atoms with E-state index in [9.17, 15) is 4.79 Å². The van der Waals surface area contributed by atoms with E-state index in [0.29, 0.717) is 5.11 Å². The molecule has 1 aromatic rings. The van der Waals surface area contributed by atoms with Crippen molar-refractivity contribution in [3.63, 3.8) is 0 Å². The third kappa shape index (κ3) is 1.45. The van der Waals surface area contributed by atoms with Crippen molar-refractivity contribution in [2.45, 2.75) is 18.7 Å². The van der Waals surface area contributed by atoms with Gasteiger partial charge in [0.25, 0.3) is 0 Å². The van der Waals surface area contributed by atoms with Crippen LogP contribution in [-0.4, -0.2) is 16.7 Å². The molecule has 18 heavy (non-hydrogen) atoms. The first-order valence-corrected chi connectivity index (χ1v) is 6.08. The van der Waals surface area contributed by atoms with E-state index in [1.54, 1.807) is 6.92 Å². The molecule has 1 fully saturated rings. The van der Waals surface area contributed by atoms with Crippen LogP contribution >= 0.6 is 12.2 Å². The highest BCUT2D eigenvalue weighted by atomic mass is 32.1. The normalized spacial score (nSPS) is 32.6. The molecule has 0 aromatic heterocycles. The molecule has 5 nitrogen and oxygen atoms in total. The number of amides is 1. The van der Waals surface area contributed by atoms with Gasteiger partial charge >= 0.3 is 0 Å². The molecule has 2 heterocycles. The molecule has 0 spiro atoms. The van der Waals surface area contributed by atoms with Crippen LogP contribution in [0.15, 0.2) is 24.3 Å². The quantitative estimate of drug-likeness (QED) is 0.640. The molecular weight excluding hydrogens is 250 g/mol. The van der Waals surface area contributed by atoms with E-state index in [0.717, 1.165) is 11.3 Å². The van der Waals surface area contributed by atoms with Crippen molar-refractivity contribution in [2.75, 3.05) is 0 Å². The first kappa shape index (κ1) is 11.3. The Kier molecular flexibility index (Phi) is 2.25. The summed E-state index contributed by atoms with van der Waals surface area (Å²) in [5, 5.41) is 6.56. The number of ether oxygens (including phenoxy) is 1. The van der Waals surface area contributed by atoms with Crippen LogP contribution in [0, 0.1) is 5.92 Å². The molecule has 0 saturated carbocycles. The maximum absolute atomic E-state index is 11.7. The Morgan fingerprint density at radius 2 is 2.22 bits per heavy atom. The minimum absolute atomic E-state index is 0.244. The van der Waals surface area contributed by atoms with Crippen molar-refractivity contribution in [3.05, 3.63) is 29.8 Å². The summed E-state index contributed by atoms with van der Waals surface area (Å²) in [5.41, 5.74) is 5.51. The zero-order valence-corrected chi connectivity index (χ0v) is 10.6. The van der Waals surface area contributed by atoms with E-state index in [2.05, 4.69) is 10.6 Å². The maximum Gasteiger partial charge on any atom is 0.229 e. The number of nitrogens with two attached hydrogens (primary N) is 1. The lowest BCUT2D eigenvalue weighted by molar-refractivity contribution is -0.134. The molecule has 2 aliphatic heterocycles. The molecule has 1 saturated heterocycles. The average molecular weight is 263 g/mol. The largest absolute Gasteiger partial charge is 0.467 e. The van der Waals surface area contributed by atoms with E-state index in [1.165, 1.54) is 0 Å². The predicted octanol–water partition coefficient (Wildman–Crippen LogP) is 0.415. The fraction of sp³-hybridized carbons (Fsp3) is 0.333. The second kappa shape index (κ2) is 3.58. The van der Waals surface area contributed by atoms with Crippen LogP contribution in [0.3, 0.4) is 0 Å². The maximum atomic E-state index is 11.7. The van der Waals surface area contributed by atoms with E-state index in [4.69, 9.17) is 22.7 Å². The van der Waals surface area contributed by atoms with Crippen LogP contribution in [0.4, 0.5) is 0 Å². The van der Waals surface area contributed by atoms with Crippen molar-refractivity contribution in [1.29, 1.82) is 0 Å². The van der Waals surface area contributed by atoms with Crippen LogP contribution in [0.1, 0.15) is 18.5 Å². The summed E-state index contributed by atoms with van der Waals surface area (Å²) in [7, 11) is 0. The fourth-order valence-corrected chi connectivity index (χ4v) is 3.05. The second-order valence-electron chi connectivity index (χ2n) is 4.70. The number of carbonyl (C=O) groups excluding carboxylic acids is 1. The lowest BCUT2D eigenvalue weighted by Gasteiger charge is -2.50. The highest BCUT2D eigenvalue weighted by molar-refractivity contribution is 7.80. The monoisotopic (exact) mass is 263 g/mol. The van der Waals surface area contributed by atoms with Gasteiger partial charge < -0.3 is 21.1 Å². The van der Waals surface area contributed by atoms with Crippen LogP contribution in [0.25, 0.3) is 0 Å². The number of fused-ring (bicyclic) bond motifs is 4. The summed E-state index contributed by atoms with van der Waals surface area (Å²) in [6.07, 6.45) is 0. The first-order valence-electron chi connectivity index (χ1n) is 5.67. The molecule has 2 aliphatic rings. The van der Waals surface area contributed by atoms with Crippen LogP contribution in [0.2, 0.25) is 0 Å². The molecule has 0 aliphatic carbocycles. The van der Waals surface area contributed by atoms with Gasteiger partial charge in [0.15, 0.2) is 10.8 Å². The van der Waals surface area contributed by atoms with E-state index >= 15 is 0 Å². The minimum atomic E-state index is -0.896. The molecule has 4 N–H and O–H groups in total. The Labute approximate surface area is 110 Å². The van der Waals surface area contributed by atoms with E-state index in [1.807, 2.05) is 24.3 Å². The van der Waals surface area contributed by atoms with E-state index < -0.39 is 17.6 Å². The number of thiocarbonyl (C=S) groups is 1. The molecule has 1 amide bonds. The smallest absolute Gasteiger partial charge is 0.229 e. The van der Waals surface area contributed by atoms with Gasteiger partial charge in [0, 0.05) is 5.56 Å². The molecule has 94 valence electrons. The third-order valence-electron chi connectivity index (χ3n) is 3.46. The molecule has 3 atom stereocenters. The molecule has 0 unspecified atom stereocenters. The lowest BCUT2D eigenvalue weighted by atomic mass is 9.80. The summed E-state index contributed by atoms with van der Waals surface area (Å²) in [6, 6.07) is 7.33. The molecule has 1 aromatic carbocycles. The predicted molar refractivity (Wildman–Crippen MR) is 69.8 cm³/mol. The van der Waals surface area contributed by atoms with Gasteiger partial charge in [-0.2, -0.15) is 0 Å². The van der Waals surface area contributed by atoms with Gasteiger partial charge in [-0.05, 0) is 25.2 Å². The summed E-state index contributed by atoms with van der Waals surface area (Å²) in [5.74, 6) is -0.191. The Hall–Kier alpha value is -1.82. The summed E-state index contributed by atoms with van der Waals surface area (Å²) >= 11 is 5.15. The van der Waals surface area contributed by atoms with Gasteiger partial charge in [0.2, 0.25) is 5.91 Å². The standard InChI is InChI=1S/C12H13N3O2S/c1-12-8(10(13)16)9(14-11(18)15-12)6-4-2-3-5-7(6)17-12/h2-5,8-9H,1H3,(H2,13,16)(H2,14,15,18)/t8-,9+,12-/m1/s1. The number of primary amides is 1. The molecular formula is C12H13N3O2S. The first-order chi connectivity index (χ1) is 8.51. The molecule has 2 bridgehead atoms.